The minimum absolute atomic E-state index is 0.274. The molecule has 1 aliphatic carbocycles. The molecule has 94 valence electrons. The summed E-state index contributed by atoms with van der Waals surface area (Å²) in [5.74, 6) is 1.90. The summed E-state index contributed by atoms with van der Waals surface area (Å²) in [5.41, 5.74) is -0.0434. The van der Waals surface area contributed by atoms with Gasteiger partial charge in [0.2, 0.25) is 5.91 Å². The number of carbonyl (C=O) groups is 1. The fraction of sp³-hybridized carbons (Fsp3) is 0.615. The molecule has 1 saturated heterocycles. The largest absolute Gasteiger partial charge is 0.315 e. The average molecular weight is 261 g/mol. The van der Waals surface area contributed by atoms with E-state index in [-0.39, 0.29) is 10.9 Å². The number of amides is 1. The summed E-state index contributed by atoms with van der Waals surface area (Å²) < 4.78 is 0. The van der Waals surface area contributed by atoms with Crippen molar-refractivity contribution in [3.05, 3.63) is 5.57 Å². The van der Waals surface area contributed by atoms with Gasteiger partial charge in [-0.15, -0.1) is 0 Å². The highest BCUT2D eigenvalue weighted by Gasteiger charge is 2.52. The second kappa shape index (κ2) is 4.64. The summed E-state index contributed by atoms with van der Waals surface area (Å²) in [6, 6.07) is 2.10. The Morgan fingerprint density at radius 2 is 2.11 bits per heavy atom. The van der Waals surface area contributed by atoms with Crippen molar-refractivity contribution in [3.8, 4) is 6.07 Å². The van der Waals surface area contributed by atoms with Crippen LogP contribution in [0, 0.1) is 34.0 Å². The lowest BCUT2D eigenvalue weighted by atomic mass is 9.59. The number of piperidine rings is 1. The summed E-state index contributed by atoms with van der Waals surface area (Å²) in [6.45, 7) is 2.17. The van der Waals surface area contributed by atoms with Crippen molar-refractivity contribution in [3.63, 3.8) is 0 Å². The molecule has 5 heteroatoms. The summed E-state index contributed by atoms with van der Waals surface area (Å²) in [5, 5.41) is 19.2. The highest BCUT2D eigenvalue weighted by atomic mass is 32.1. The number of thiocarbonyl (C=S) groups is 1. The van der Waals surface area contributed by atoms with Crippen LogP contribution in [0.3, 0.4) is 0 Å². The Morgan fingerprint density at radius 1 is 1.50 bits per heavy atom. The molecule has 1 heterocycles. The molecule has 4 nitrogen and oxygen atoms in total. The van der Waals surface area contributed by atoms with Crippen LogP contribution >= 0.6 is 12.2 Å². The van der Waals surface area contributed by atoms with E-state index >= 15 is 0 Å². The van der Waals surface area contributed by atoms with E-state index in [0.29, 0.717) is 11.5 Å². The van der Waals surface area contributed by atoms with Crippen molar-refractivity contribution in [2.24, 2.45) is 17.3 Å². The molecule has 2 fully saturated rings. The maximum Gasteiger partial charge on any atom is 0.243 e. The Morgan fingerprint density at radius 3 is 2.61 bits per heavy atom. The van der Waals surface area contributed by atoms with Crippen LogP contribution in [0.4, 0.5) is 0 Å². The maximum absolute atomic E-state index is 11.9. The van der Waals surface area contributed by atoms with Gasteiger partial charge in [0.15, 0.2) is 0 Å². The molecule has 1 amide bonds. The van der Waals surface area contributed by atoms with Gasteiger partial charge in [-0.05, 0) is 37.5 Å². The number of hydrogen-bond acceptors (Lipinski definition) is 4. The molecule has 0 aromatic carbocycles. The van der Waals surface area contributed by atoms with Crippen molar-refractivity contribution >= 4 is 29.0 Å². The monoisotopic (exact) mass is 261 g/mol. The third kappa shape index (κ3) is 1.78. The summed E-state index contributed by atoms with van der Waals surface area (Å²) >= 11 is 5.13. The molecule has 1 spiro atoms. The first-order valence-corrected chi connectivity index (χ1v) is 6.51. The predicted octanol–water partition coefficient (Wildman–Crippen LogP) is 1.95. The highest BCUT2D eigenvalue weighted by Crippen LogP contribution is 2.50. The van der Waals surface area contributed by atoms with Crippen molar-refractivity contribution < 1.29 is 4.79 Å². The molecule has 1 saturated carbocycles. The molecule has 0 unspecified atom stereocenters. The zero-order chi connectivity index (χ0) is 13.3. The van der Waals surface area contributed by atoms with Crippen LogP contribution in [-0.2, 0) is 4.79 Å². The Hall–Kier alpha value is -1.50. The SMILES string of the molecule is CC1CCC2(CC1)C(=C=N)C(=S)NC(=O)[C@H]2C#N. The number of carbonyl (C=O) groups excluding carboxylic acids is 1. The molecule has 0 aromatic heterocycles. The molecular formula is C13H15N3OS. The minimum Gasteiger partial charge on any atom is -0.315 e. The molecule has 0 bridgehead atoms. The number of nitrogens with zero attached hydrogens (tertiary/aromatic N) is 1. The average Bonchev–Trinajstić information content (AvgIpc) is 2.33. The Kier molecular flexibility index (Phi) is 3.34. The van der Waals surface area contributed by atoms with Gasteiger partial charge in [-0.25, -0.2) is 0 Å². The van der Waals surface area contributed by atoms with Crippen LogP contribution in [0.25, 0.3) is 0 Å². The molecule has 2 aliphatic rings. The lowest BCUT2D eigenvalue weighted by Gasteiger charge is -2.45. The first-order valence-electron chi connectivity index (χ1n) is 6.10. The van der Waals surface area contributed by atoms with E-state index in [0.717, 1.165) is 25.7 Å². The maximum atomic E-state index is 11.9. The van der Waals surface area contributed by atoms with Crippen LogP contribution in [0.2, 0.25) is 0 Å². The number of hydrogen-bond donors (Lipinski definition) is 2. The van der Waals surface area contributed by atoms with Crippen molar-refractivity contribution in [1.82, 2.24) is 5.32 Å². The normalized spacial score (nSPS) is 35.9. The molecule has 18 heavy (non-hydrogen) atoms. The second-order valence-electron chi connectivity index (χ2n) is 5.22. The van der Waals surface area contributed by atoms with Crippen LogP contribution in [0.15, 0.2) is 5.57 Å². The highest BCUT2D eigenvalue weighted by molar-refractivity contribution is 7.80. The van der Waals surface area contributed by atoms with Crippen LogP contribution in [0.5, 0.6) is 0 Å². The molecular weight excluding hydrogens is 246 g/mol. The zero-order valence-corrected chi connectivity index (χ0v) is 11.1. The number of nitrogens with one attached hydrogen (secondary N) is 2. The van der Waals surface area contributed by atoms with Gasteiger partial charge in [-0.3, -0.25) is 10.2 Å². The molecule has 0 radical (unpaired) electrons. The lowest BCUT2D eigenvalue weighted by Crippen LogP contribution is -2.54. The van der Waals surface area contributed by atoms with Crippen molar-refractivity contribution in [2.75, 3.05) is 0 Å². The fourth-order valence-corrected chi connectivity index (χ4v) is 3.40. The predicted molar refractivity (Wildman–Crippen MR) is 71.1 cm³/mol. The summed E-state index contributed by atoms with van der Waals surface area (Å²) in [6.07, 6.45) is 3.39. The first kappa shape index (κ1) is 12.9. The van der Waals surface area contributed by atoms with Crippen LogP contribution < -0.4 is 5.32 Å². The molecule has 1 aliphatic heterocycles. The molecule has 1 atom stereocenters. The summed E-state index contributed by atoms with van der Waals surface area (Å²) in [4.78, 5) is 12.2. The van der Waals surface area contributed by atoms with E-state index < -0.39 is 11.3 Å². The van der Waals surface area contributed by atoms with E-state index in [1.54, 1.807) is 0 Å². The van der Waals surface area contributed by atoms with E-state index in [9.17, 15) is 10.1 Å². The van der Waals surface area contributed by atoms with Gasteiger partial charge in [0.05, 0.1) is 11.6 Å². The molecule has 2 N–H and O–H groups in total. The number of rotatable bonds is 0. The van der Waals surface area contributed by atoms with Crippen LogP contribution in [0.1, 0.15) is 32.6 Å². The van der Waals surface area contributed by atoms with E-state index in [1.807, 2.05) is 0 Å². The van der Waals surface area contributed by atoms with Gasteiger partial charge >= 0.3 is 0 Å². The summed E-state index contributed by atoms with van der Waals surface area (Å²) in [7, 11) is 0. The lowest BCUT2D eigenvalue weighted by molar-refractivity contribution is -0.126. The Labute approximate surface area is 112 Å². The van der Waals surface area contributed by atoms with Gasteiger partial charge in [0.25, 0.3) is 0 Å². The minimum atomic E-state index is -0.746. The van der Waals surface area contributed by atoms with Gasteiger partial charge in [-0.1, -0.05) is 19.1 Å². The third-order valence-corrected chi connectivity index (χ3v) is 4.50. The quantitative estimate of drug-likeness (QED) is 0.397. The molecule has 0 aromatic rings. The van der Waals surface area contributed by atoms with E-state index in [4.69, 9.17) is 17.6 Å². The fourth-order valence-electron chi connectivity index (χ4n) is 3.05. The van der Waals surface area contributed by atoms with E-state index in [1.165, 1.54) is 0 Å². The van der Waals surface area contributed by atoms with E-state index in [2.05, 4.69) is 24.2 Å². The van der Waals surface area contributed by atoms with Gasteiger partial charge < -0.3 is 5.32 Å². The van der Waals surface area contributed by atoms with Gasteiger partial charge in [0.1, 0.15) is 10.9 Å². The second-order valence-corrected chi connectivity index (χ2v) is 5.63. The van der Waals surface area contributed by atoms with Gasteiger partial charge in [-0.2, -0.15) is 5.26 Å². The van der Waals surface area contributed by atoms with Crippen molar-refractivity contribution in [1.29, 1.82) is 10.7 Å². The standard InChI is InChI=1S/C13H15N3OS/c1-8-2-4-13(5-3-8)9(6-14)11(17)16-12(18)10(13)7-15/h8-9,15H,2-5H2,1H3,(H,16,17,18)/t8?,9-,13?/m1/s1. The smallest absolute Gasteiger partial charge is 0.243 e. The first-order chi connectivity index (χ1) is 8.55. The Bertz CT molecular complexity index is 491. The topological polar surface area (TPSA) is 76.7 Å². The Balaban J connectivity index is 2.49. The van der Waals surface area contributed by atoms with Crippen molar-refractivity contribution in [2.45, 2.75) is 32.6 Å². The van der Waals surface area contributed by atoms with Crippen LogP contribution in [-0.4, -0.2) is 16.8 Å². The van der Waals surface area contributed by atoms with Gasteiger partial charge in [0, 0.05) is 5.41 Å². The molecule has 2 rings (SSSR count). The number of nitriles is 1. The zero-order valence-electron chi connectivity index (χ0n) is 10.2. The third-order valence-electron chi connectivity index (χ3n) is 4.20.